The van der Waals surface area contributed by atoms with Gasteiger partial charge in [0.25, 0.3) is 0 Å². The first-order valence-corrected chi connectivity index (χ1v) is 4.87. The van der Waals surface area contributed by atoms with Crippen molar-refractivity contribution in [1.82, 2.24) is 5.32 Å². The predicted molar refractivity (Wildman–Crippen MR) is 55.4 cm³/mol. The van der Waals surface area contributed by atoms with Gasteiger partial charge in [-0.05, 0) is 37.5 Å². The molecule has 1 aliphatic rings. The Balaban J connectivity index is 2.16. The quantitative estimate of drug-likeness (QED) is 0.643. The van der Waals surface area contributed by atoms with Gasteiger partial charge < -0.3 is 11.1 Å². The van der Waals surface area contributed by atoms with Gasteiger partial charge in [-0.25, -0.2) is 0 Å². The highest BCUT2D eigenvalue weighted by Crippen LogP contribution is 2.26. The second-order valence-electron chi connectivity index (χ2n) is 3.87. The fourth-order valence-corrected chi connectivity index (χ4v) is 1.97. The number of nitrogen functional groups attached to an aromatic ring is 1. The summed E-state index contributed by atoms with van der Waals surface area (Å²) in [4.78, 5) is 0. The maximum atomic E-state index is 5.73. The molecule has 1 aliphatic heterocycles. The van der Waals surface area contributed by atoms with Crippen LogP contribution >= 0.6 is 0 Å². The van der Waals surface area contributed by atoms with Crippen molar-refractivity contribution in [3.8, 4) is 0 Å². The summed E-state index contributed by atoms with van der Waals surface area (Å²) >= 11 is 0. The number of hydrogen-bond donors (Lipinski definition) is 2. The molecule has 0 saturated carbocycles. The van der Waals surface area contributed by atoms with Crippen molar-refractivity contribution in [2.24, 2.45) is 0 Å². The molecule has 0 bridgehead atoms. The van der Waals surface area contributed by atoms with Crippen LogP contribution in [0.3, 0.4) is 0 Å². The zero-order chi connectivity index (χ0) is 9.26. The third-order valence-corrected chi connectivity index (χ3v) is 2.69. The topological polar surface area (TPSA) is 38.0 Å². The molecule has 13 heavy (non-hydrogen) atoms. The van der Waals surface area contributed by atoms with E-state index in [1.807, 2.05) is 12.1 Å². The van der Waals surface area contributed by atoms with E-state index in [0.29, 0.717) is 12.1 Å². The van der Waals surface area contributed by atoms with E-state index in [4.69, 9.17) is 5.73 Å². The van der Waals surface area contributed by atoms with Gasteiger partial charge in [0, 0.05) is 17.8 Å². The average molecular weight is 176 g/mol. The molecule has 0 radical (unpaired) electrons. The lowest BCUT2D eigenvalue weighted by Gasteiger charge is -2.12. The van der Waals surface area contributed by atoms with Gasteiger partial charge in [0.05, 0.1) is 0 Å². The van der Waals surface area contributed by atoms with E-state index in [1.54, 1.807) is 0 Å². The summed E-state index contributed by atoms with van der Waals surface area (Å²) in [6, 6.07) is 9.32. The third kappa shape index (κ3) is 1.83. The minimum Gasteiger partial charge on any atom is -0.399 e. The summed E-state index contributed by atoms with van der Waals surface area (Å²) < 4.78 is 0. The van der Waals surface area contributed by atoms with Crippen molar-refractivity contribution in [3.05, 3.63) is 29.8 Å². The van der Waals surface area contributed by atoms with Crippen LogP contribution in [0.1, 0.15) is 31.4 Å². The molecule has 0 aliphatic carbocycles. The van der Waals surface area contributed by atoms with Crippen LogP contribution in [-0.4, -0.2) is 6.04 Å². The maximum Gasteiger partial charge on any atom is 0.0323 e. The molecule has 1 aromatic rings. The first-order chi connectivity index (χ1) is 6.25. The van der Waals surface area contributed by atoms with Crippen LogP contribution in [0.25, 0.3) is 0 Å². The van der Waals surface area contributed by atoms with Gasteiger partial charge in [0.2, 0.25) is 0 Å². The fourth-order valence-electron chi connectivity index (χ4n) is 1.97. The van der Waals surface area contributed by atoms with E-state index >= 15 is 0 Å². The van der Waals surface area contributed by atoms with Crippen LogP contribution in [0, 0.1) is 0 Å². The minimum absolute atomic E-state index is 0.512. The summed E-state index contributed by atoms with van der Waals surface area (Å²) in [6.07, 6.45) is 2.49. The second-order valence-corrected chi connectivity index (χ2v) is 3.87. The number of hydrogen-bond acceptors (Lipinski definition) is 2. The fraction of sp³-hybridized carbons (Fsp3) is 0.455. The Morgan fingerprint density at radius 2 is 2.23 bits per heavy atom. The normalized spacial score (nSPS) is 27.8. The molecule has 70 valence electrons. The Hall–Kier alpha value is -1.02. The van der Waals surface area contributed by atoms with Gasteiger partial charge in [-0.1, -0.05) is 12.1 Å². The number of nitrogens with two attached hydrogens (primary N) is 1. The van der Waals surface area contributed by atoms with E-state index < -0.39 is 0 Å². The van der Waals surface area contributed by atoms with Crippen LogP contribution in [0.15, 0.2) is 24.3 Å². The highest BCUT2D eigenvalue weighted by atomic mass is 15.0. The van der Waals surface area contributed by atoms with Crippen LogP contribution in [0.5, 0.6) is 0 Å². The first-order valence-electron chi connectivity index (χ1n) is 4.87. The van der Waals surface area contributed by atoms with Crippen LogP contribution < -0.4 is 11.1 Å². The highest BCUT2D eigenvalue weighted by Gasteiger charge is 2.21. The predicted octanol–water partition coefficient (Wildman–Crippen LogP) is 2.08. The molecule has 1 fully saturated rings. The van der Waals surface area contributed by atoms with E-state index in [0.717, 1.165) is 5.69 Å². The van der Waals surface area contributed by atoms with Crippen LogP contribution in [-0.2, 0) is 0 Å². The van der Waals surface area contributed by atoms with E-state index in [9.17, 15) is 0 Å². The van der Waals surface area contributed by atoms with Crippen molar-refractivity contribution >= 4 is 5.69 Å². The Morgan fingerprint density at radius 1 is 1.38 bits per heavy atom. The Labute approximate surface area is 79.1 Å². The Morgan fingerprint density at radius 3 is 2.85 bits per heavy atom. The molecular formula is C11H16N2. The molecule has 1 heterocycles. The summed E-state index contributed by atoms with van der Waals surface area (Å²) in [5.41, 5.74) is 7.92. The van der Waals surface area contributed by atoms with Gasteiger partial charge in [-0.2, -0.15) is 0 Å². The summed E-state index contributed by atoms with van der Waals surface area (Å²) in [6.45, 7) is 2.23. The van der Waals surface area contributed by atoms with E-state index in [2.05, 4.69) is 24.4 Å². The maximum absolute atomic E-state index is 5.73. The van der Waals surface area contributed by atoms with E-state index in [-0.39, 0.29) is 0 Å². The minimum atomic E-state index is 0.512. The second kappa shape index (κ2) is 3.38. The van der Waals surface area contributed by atoms with Crippen LogP contribution in [0.4, 0.5) is 5.69 Å². The summed E-state index contributed by atoms with van der Waals surface area (Å²) in [5.74, 6) is 0. The molecular weight excluding hydrogens is 160 g/mol. The molecule has 0 spiro atoms. The number of nitrogens with one attached hydrogen (secondary N) is 1. The largest absolute Gasteiger partial charge is 0.399 e. The Bertz CT molecular complexity index is 296. The van der Waals surface area contributed by atoms with Crippen molar-refractivity contribution in [2.45, 2.75) is 31.8 Å². The molecule has 1 aromatic carbocycles. The average Bonchev–Trinajstić information content (AvgIpc) is 2.52. The van der Waals surface area contributed by atoms with Crippen LogP contribution in [0.2, 0.25) is 0 Å². The van der Waals surface area contributed by atoms with Gasteiger partial charge in [-0.3, -0.25) is 0 Å². The van der Waals surface area contributed by atoms with Crippen molar-refractivity contribution in [1.29, 1.82) is 0 Å². The van der Waals surface area contributed by atoms with E-state index in [1.165, 1.54) is 18.4 Å². The van der Waals surface area contributed by atoms with Gasteiger partial charge in [0.1, 0.15) is 0 Å². The lowest BCUT2D eigenvalue weighted by Crippen LogP contribution is -2.20. The molecule has 2 nitrogen and oxygen atoms in total. The number of benzene rings is 1. The SMILES string of the molecule is CC1CCC(c2cccc(N)c2)N1. The zero-order valence-electron chi connectivity index (χ0n) is 7.96. The van der Waals surface area contributed by atoms with Gasteiger partial charge in [-0.15, -0.1) is 0 Å². The lowest BCUT2D eigenvalue weighted by atomic mass is 10.0. The van der Waals surface area contributed by atoms with Gasteiger partial charge in [0.15, 0.2) is 0 Å². The molecule has 2 rings (SSSR count). The Kier molecular flexibility index (Phi) is 2.23. The molecule has 2 atom stereocenters. The first kappa shape index (κ1) is 8.57. The number of rotatable bonds is 1. The smallest absolute Gasteiger partial charge is 0.0323 e. The van der Waals surface area contributed by atoms with Gasteiger partial charge >= 0.3 is 0 Å². The molecule has 1 saturated heterocycles. The summed E-state index contributed by atoms with van der Waals surface area (Å²) in [7, 11) is 0. The molecule has 3 N–H and O–H groups in total. The molecule has 0 amide bonds. The molecule has 0 aromatic heterocycles. The highest BCUT2D eigenvalue weighted by molar-refractivity contribution is 5.41. The molecule has 2 unspecified atom stereocenters. The summed E-state index contributed by atoms with van der Waals surface area (Å²) in [5, 5.41) is 3.54. The lowest BCUT2D eigenvalue weighted by molar-refractivity contribution is 0.585. The molecule has 2 heteroatoms. The van der Waals surface area contributed by atoms with Crippen molar-refractivity contribution < 1.29 is 0 Å². The zero-order valence-corrected chi connectivity index (χ0v) is 7.96. The van der Waals surface area contributed by atoms with Crippen molar-refractivity contribution in [2.75, 3.05) is 5.73 Å². The van der Waals surface area contributed by atoms with Crippen molar-refractivity contribution in [3.63, 3.8) is 0 Å². The third-order valence-electron chi connectivity index (χ3n) is 2.69. The standard InChI is InChI=1S/C11H16N2/c1-8-5-6-11(13-8)9-3-2-4-10(12)7-9/h2-4,7-8,11,13H,5-6,12H2,1H3. The monoisotopic (exact) mass is 176 g/mol. The number of anilines is 1.